The molecule has 3 N–H and O–H groups in total. The van der Waals surface area contributed by atoms with Crippen LogP contribution < -0.4 is 11.2 Å². The fraction of sp³-hybridized carbons (Fsp3) is 0.238. The third-order valence-corrected chi connectivity index (χ3v) is 5.12. The van der Waals surface area contributed by atoms with Gasteiger partial charge in [-0.1, -0.05) is 67.6 Å². The molecule has 3 rings (SSSR count). The Bertz CT molecular complexity index is 875. The second kappa shape index (κ2) is 9.28. The molecule has 0 radical (unpaired) electrons. The summed E-state index contributed by atoms with van der Waals surface area (Å²) in [6, 6.07) is 17.9. The third-order valence-electron chi connectivity index (χ3n) is 4.16. The molecule has 1 heterocycles. The van der Waals surface area contributed by atoms with Crippen molar-refractivity contribution in [2.45, 2.75) is 31.3 Å². The van der Waals surface area contributed by atoms with Crippen LogP contribution in [-0.4, -0.2) is 21.3 Å². The number of nitrogens with two attached hydrogens (primary N) is 1. The molecule has 0 saturated heterocycles. The number of nitrogens with one attached hydrogen (secondary N) is 1. The number of unbranched alkanes of at least 4 members (excludes halogenated alkanes) is 1. The second-order valence-corrected chi connectivity index (χ2v) is 7.26. The summed E-state index contributed by atoms with van der Waals surface area (Å²) >= 11 is 1.32. The highest BCUT2D eigenvalue weighted by Gasteiger charge is 2.11. The first-order valence-corrected chi connectivity index (χ1v) is 10.1. The Kier molecular flexibility index (Phi) is 6.54. The standard InChI is InChI=1S/C21H24N4OS/c1-2-3-7-16-10-12-18(13-11-16)23-20(26)15-27-21-24-19(14-25(21)22)17-8-5-4-6-9-17/h4-6,8-14H,2-3,7,15,22H2,1H3,(H,23,26). The van der Waals surface area contributed by atoms with Crippen molar-refractivity contribution in [1.29, 1.82) is 0 Å². The lowest BCUT2D eigenvalue weighted by atomic mass is 10.1. The average molecular weight is 381 g/mol. The maximum Gasteiger partial charge on any atom is 0.234 e. The number of hydrogen-bond donors (Lipinski definition) is 2. The molecule has 0 unspecified atom stereocenters. The topological polar surface area (TPSA) is 72.9 Å². The van der Waals surface area contributed by atoms with E-state index in [2.05, 4.69) is 29.4 Å². The molecule has 0 atom stereocenters. The van der Waals surface area contributed by atoms with E-state index in [4.69, 9.17) is 5.84 Å². The molecule has 2 aromatic carbocycles. The van der Waals surface area contributed by atoms with Crippen molar-refractivity contribution in [2.75, 3.05) is 16.9 Å². The van der Waals surface area contributed by atoms with Gasteiger partial charge in [-0.3, -0.25) is 4.79 Å². The van der Waals surface area contributed by atoms with E-state index < -0.39 is 0 Å². The van der Waals surface area contributed by atoms with E-state index >= 15 is 0 Å². The first kappa shape index (κ1) is 19.0. The number of amides is 1. The number of aryl methyl sites for hydroxylation is 1. The van der Waals surface area contributed by atoms with Crippen molar-refractivity contribution in [3.63, 3.8) is 0 Å². The molecule has 3 aromatic rings. The van der Waals surface area contributed by atoms with E-state index in [1.165, 1.54) is 34.8 Å². The monoisotopic (exact) mass is 380 g/mol. The van der Waals surface area contributed by atoms with Crippen LogP contribution in [0, 0.1) is 0 Å². The molecule has 0 saturated carbocycles. The minimum absolute atomic E-state index is 0.0782. The molecule has 0 bridgehead atoms. The third kappa shape index (κ3) is 5.37. The molecule has 0 aliphatic rings. The van der Waals surface area contributed by atoms with Crippen LogP contribution in [0.15, 0.2) is 66.0 Å². The second-order valence-electron chi connectivity index (χ2n) is 6.32. The summed E-state index contributed by atoms with van der Waals surface area (Å²) < 4.78 is 1.46. The normalized spacial score (nSPS) is 10.7. The summed E-state index contributed by atoms with van der Waals surface area (Å²) in [5, 5.41) is 3.53. The minimum Gasteiger partial charge on any atom is -0.337 e. The predicted octanol–water partition coefficient (Wildman–Crippen LogP) is 4.34. The van der Waals surface area contributed by atoms with Crippen LogP contribution in [0.2, 0.25) is 0 Å². The van der Waals surface area contributed by atoms with Crippen LogP contribution in [0.5, 0.6) is 0 Å². The largest absolute Gasteiger partial charge is 0.337 e. The lowest BCUT2D eigenvalue weighted by molar-refractivity contribution is -0.113. The first-order chi connectivity index (χ1) is 13.2. The van der Waals surface area contributed by atoms with Crippen LogP contribution in [-0.2, 0) is 11.2 Å². The van der Waals surface area contributed by atoms with Crippen molar-refractivity contribution < 1.29 is 4.79 Å². The summed E-state index contributed by atoms with van der Waals surface area (Å²) in [5.41, 5.74) is 3.89. The van der Waals surface area contributed by atoms with Crippen molar-refractivity contribution in [3.05, 3.63) is 66.4 Å². The zero-order valence-corrected chi connectivity index (χ0v) is 16.2. The fourth-order valence-electron chi connectivity index (χ4n) is 2.69. The van der Waals surface area contributed by atoms with Gasteiger partial charge in [0.05, 0.1) is 17.6 Å². The molecular weight excluding hydrogens is 356 g/mol. The zero-order valence-electron chi connectivity index (χ0n) is 15.4. The lowest BCUT2D eigenvalue weighted by Crippen LogP contribution is -2.15. The van der Waals surface area contributed by atoms with Crippen molar-refractivity contribution in [1.82, 2.24) is 9.66 Å². The van der Waals surface area contributed by atoms with Gasteiger partial charge in [-0.15, -0.1) is 0 Å². The van der Waals surface area contributed by atoms with Crippen LogP contribution in [0.4, 0.5) is 5.69 Å². The van der Waals surface area contributed by atoms with Gasteiger partial charge in [-0.25, -0.2) is 9.66 Å². The van der Waals surface area contributed by atoms with Gasteiger partial charge < -0.3 is 11.2 Å². The Morgan fingerprint density at radius 3 is 2.59 bits per heavy atom. The number of thioether (sulfide) groups is 1. The summed E-state index contributed by atoms with van der Waals surface area (Å²) in [7, 11) is 0. The Hall–Kier alpha value is -2.73. The number of rotatable bonds is 8. The minimum atomic E-state index is -0.0782. The summed E-state index contributed by atoms with van der Waals surface area (Å²) in [6.45, 7) is 2.18. The van der Waals surface area contributed by atoms with E-state index in [-0.39, 0.29) is 11.7 Å². The number of hydrogen-bond acceptors (Lipinski definition) is 4. The molecule has 1 amide bonds. The predicted molar refractivity (Wildman–Crippen MR) is 112 cm³/mol. The van der Waals surface area contributed by atoms with Gasteiger partial charge in [-0.2, -0.15) is 0 Å². The molecule has 1 aromatic heterocycles. The average Bonchev–Trinajstić information content (AvgIpc) is 3.07. The van der Waals surface area contributed by atoms with Crippen LogP contribution in [0.3, 0.4) is 0 Å². The highest BCUT2D eigenvalue weighted by atomic mass is 32.2. The smallest absolute Gasteiger partial charge is 0.234 e. The van der Waals surface area contributed by atoms with Crippen LogP contribution in [0.1, 0.15) is 25.3 Å². The van der Waals surface area contributed by atoms with Gasteiger partial charge in [-0.05, 0) is 30.5 Å². The summed E-state index contributed by atoms with van der Waals surface area (Å²) in [5.74, 6) is 6.15. The number of benzene rings is 2. The number of carbonyl (C=O) groups is 1. The number of aromatic nitrogens is 2. The molecule has 0 aliphatic carbocycles. The van der Waals surface area contributed by atoms with Crippen molar-refractivity contribution in [2.24, 2.45) is 0 Å². The van der Waals surface area contributed by atoms with E-state index in [0.717, 1.165) is 23.4 Å². The highest BCUT2D eigenvalue weighted by molar-refractivity contribution is 7.99. The molecule has 0 spiro atoms. The van der Waals surface area contributed by atoms with Gasteiger partial charge in [0.15, 0.2) is 5.16 Å². The molecule has 0 aliphatic heterocycles. The highest BCUT2D eigenvalue weighted by Crippen LogP contribution is 2.23. The maximum atomic E-state index is 12.2. The van der Waals surface area contributed by atoms with Crippen molar-refractivity contribution in [3.8, 4) is 11.3 Å². The zero-order chi connectivity index (χ0) is 19.1. The molecule has 140 valence electrons. The quantitative estimate of drug-likeness (QED) is 0.450. The molecule has 0 fully saturated rings. The van der Waals surface area contributed by atoms with Crippen molar-refractivity contribution >= 4 is 23.4 Å². The Morgan fingerprint density at radius 1 is 1.15 bits per heavy atom. The van der Waals surface area contributed by atoms with E-state index in [0.29, 0.717) is 5.16 Å². The Balaban J connectivity index is 1.54. The van der Waals surface area contributed by atoms with E-state index in [1.54, 1.807) is 6.20 Å². The van der Waals surface area contributed by atoms with Gasteiger partial charge in [0, 0.05) is 11.3 Å². The fourth-order valence-corrected chi connectivity index (χ4v) is 3.39. The lowest BCUT2D eigenvalue weighted by Gasteiger charge is -2.06. The number of nitrogens with zero attached hydrogens (tertiary/aromatic N) is 2. The summed E-state index contributed by atoms with van der Waals surface area (Å²) in [6.07, 6.45) is 5.20. The SMILES string of the molecule is CCCCc1ccc(NC(=O)CSc2nc(-c3ccccc3)cn2N)cc1. The summed E-state index contributed by atoms with van der Waals surface area (Å²) in [4.78, 5) is 16.7. The van der Waals surface area contributed by atoms with Gasteiger partial charge in [0.2, 0.25) is 5.91 Å². The maximum absolute atomic E-state index is 12.2. The Morgan fingerprint density at radius 2 is 1.89 bits per heavy atom. The number of nitrogen functional groups attached to an aromatic ring is 1. The van der Waals surface area contributed by atoms with Gasteiger partial charge in [0.25, 0.3) is 0 Å². The number of carbonyl (C=O) groups excluding carboxylic acids is 1. The van der Waals surface area contributed by atoms with Gasteiger partial charge in [0.1, 0.15) is 0 Å². The molecule has 27 heavy (non-hydrogen) atoms. The molecular formula is C21H24N4OS. The van der Waals surface area contributed by atoms with Crippen LogP contribution in [0.25, 0.3) is 11.3 Å². The molecule has 6 heteroatoms. The van der Waals surface area contributed by atoms with E-state index in [9.17, 15) is 4.79 Å². The molecule has 5 nitrogen and oxygen atoms in total. The first-order valence-electron chi connectivity index (χ1n) is 9.07. The number of anilines is 1. The van der Waals surface area contributed by atoms with Gasteiger partial charge >= 0.3 is 0 Å². The Labute approximate surface area is 164 Å². The number of imidazole rings is 1. The van der Waals surface area contributed by atoms with Crippen LogP contribution >= 0.6 is 11.8 Å². The van der Waals surface area contributed by atoms with E-state index in [1.807, 2.05) is 42.5 Å².